The Labute approximate surface area is 120 Å². The van der Waals surface area contributed by atoms with E-state index in [1.165, 1.54) is 6.07 Å². The molecule has 1 heterocycles. The maximum absolute atomic E-state index is 13.8. The van der Waals surface area contributed by atoms with Gasteiger partial charge in [0, 0.05) is 18.7 Å². The molecule has 0 atom stereocenters. The van der Waals surface area contributed by atoms with Crippen molar-refractivity contribution in [2.45, 2.75) is 13.0 Å². The van der Waals surface area contributed by atoms with Crippen LogP contribution in [0.25, 0.3) is 0 Å². The summed E-state index contributed by atoms with van der Waals surface area (Å²) in [6, 6.07) is 9.99. The van der Waals surface area contributed by atoms with E-state index in [-0.39, 0.29) is 18.2 Å². The van der Waals surface area contributed by atoms with Crippen LogP contribution < -0.4 is 4.74 Å². The molecule has 0 radical (unpaired) electrons. The number of rotatable bonds is 5. The summed E-state index contributed by atoms with van der Waals surface area (Å²) < 4.78 is 19.2. The Bertz CT molecular complexity index is 605. The molecule has 0 spiro atoms. The van der Waals surface area contributed by atoms with Gasteiger partial charge in [0.2, 0.25) is 5.88 Å². The van der Waals surface area contributed by atoms with Gasteiger partial charge in [-0.3, -0.25) is 0 Å². The Balaban J connectivity index is 2.02. The van der Waals surface area contributed by atoms with Crippen molar-refractivity contribution in [2.75, 3.05) is 0 Å². The molecule has 1 aromatic heterocycles. The monoisotopic (exact) mass is 294 g/mol. The fourth-order valence-electron chi connectivity index (χ4n) is 1.61. The van der Waals surface area contributed by atoms with Crippen molar-refractivity contribution in [2.24, 2.45) is 5.16 Å². The minimum atomic E-state index is -0.422. The van der Waals surface area contributed by atoms with Crippen LogP contribution in [0.5, 0.6) is 5.88 Å². The zero-order valence-corrected chi connectivity index (χ0v) is 11.2. The highest BCUT2D eigenvalue weighted by Crippen LogP contribution is 2.14. The van der Waals surface area contributed by atoms with Gasteiger partial charge < -0.3 is 9.94 Å². The lowest BCUT2D eigenvalue weighted by molar-refractivity contribution is 0.293. The van der Waals surface area contributed by atoms with Crippen LogP contribution in [0.2, 0.25) is 0 Å². The smallest absolute Gasteiger partial charge is 0.213 e. The lowest BCUT2D eigenvalue weighted by atomic mass is 10.1. The summed E-state index contributed by atoms with van der Waals surface area (Å²) in [5.41, 5.74) is 1.03. The molecule has 20 heavy (non-hydrogen) atoms. The molecule has 0 saturated carbocycles. The topological polar surface area (TPSA) is 54.7 Å². The maximum Gasteiger partial charge on any atom is 0.213 e. The second kappa shape index (κ2) is 6.86. The first-order valence-corrected chi connectivity index (χ1v) is 6.24. The molecule has 0 saturated heterocycles. The highest BCUT2D eigenvalue weighted by molar-refractivity contribution is 6.65. The van der Waals surface area contributed by atoms with Crippen LogP contribution in [0.1, 0.15) is 11.1 Å². The van der Waals surface area contributed by atoms with Crippen LogP contribution in [0.3, 0.4) is 0 Å². The first-order chi connectivity index (χ1) is 9.69. The summed E-state index contributed by atoms with van der Waals surface area (Å²) in [6.07, 6.45) is 1.67. The van der Waals surface area contributed by atoms with E-state index in [1.807, 2.05) is 6.07 Å². The molecule has 1 aromatic carbocycles. The molecule has 0 aliphatic carbocycles. The SMILES string of the molecule is O/N=C(\Cl)Cc1ccc(COc2ccccn2)cc1F. The van der Waals surface area contributed by atoms with E-state index in [1.54, 1.807) is 30.5 Å². The normalized spacial score (nSPS) is 11.4. The van der Waals surface area contributed by atoms with Gasteiger partial charge >= 0.3 is 0 Å². The van der Waals surface area contributed by atoms with E-state index in [0.29, 0.717) is 17.0 Å². The fourth-order valence-corrected chi connectivity index (χ4v) is 1.75. The zero-order valence-electron chi connectivity index (χ0n) is 10.5. The Kier molecular flexibility index (Phi) is 4.90. The average molecular weight is 295 g/mol. The van der Waals surface area contributed by atoms with Gasteiger partial charge in [0.05, 0.1) is 0 Å². The fraction of sp³-hybridized carbons (Fsp3) is 0.143. The predicted octanol–water partition coefficient (Wildman–Crippen LogP) is 3.37. The molecular formula is C14H12ClFN2O2. The molecule has 0 bridgehead atoms. The van der Waals surface area contributed by atoms with Crippen LogP contribution in [0.4, 0.5) is 4.39 Å². The third-order valence-electron chi connectivity index (χ3n) is 2.59. The number of benzene rings is 1. The zero-order chi connectivity index (χ0) is 14.4. The minimum absolute atomic E-state index is 0.0469. The van der Waals surface area contributed by atoms with Crippen LogP contribution in [0.15, 0.2) is 47.8 Å². The number of ether oxygens (including phenoxy) is 1. The molecule has 0 aliphatic rings. The molecule has 2 aromatic rings. The predicted molar refractivity (Wildman–Crippen MR) is 73.7 cm³/mol. The molecule has 6 heteroatoms. The van der Waals surface area contributed by atoms with E-state index in [9.17, 15) is 4.39 Å². The largest absolute Gasteiger partial charge is 0.473 e. The summed E-state index contributed by atoms with van der Waals surface area (Å²) in [7, 11) is 0. The standard InChI is InChI=1S/C14H12ClFN2O2/c15-13(18-19)8-11-5-4-10(7-12(11)16)9-20-14-3-1-2-6-17-14/h1-7,19H,8-9H2/b18-13-. The van der Waals surface area contributed by atoms with Crippen molar-refractivity contribution in [1.29, 1.82) is 0 Å². The van der Waals surface area contributed by atoms with Crippen molar-refractivity contribution in [1.82, 2.24) is 4.98 Å². The first-order valence-electron chi connectivity index (χ1n) is 5.86. The van der Waals surface area contributed by atoms with E-state index < -0.39 is 5.82 Å². The lowest BCUT2D eigenvalue weighted by Crippen LogP contribution is -2.01. The summed E-state index contributed by atoms with van der Waals surface area (Å²) in [6.45, 7) is 0.218. The van der Waals surface area contributed by atoms with Gasteiger partial charge in [-0.15, -0.1) is 0 Å². The van der Waals surface area contributed by atoms with Crippen molar-refractivity contribution in [3.05, 3.63) is 59.5 Å². The van der Waals surface area contributed by atoms with Crippen LogP contribution >= 0.6 is 11.6 Å². The molecule has 0 fully saturated rings. The van der Waals surface area contributed by atoms with Crippen LogP contribution in [-0.4, -0.2) is 15.4 Å². The highest BCUT2D eigenvalue weighted by atomic mass is 35.5. The van der Waals surface area contributed by atoms with Crippen LogP contribution in [-0.2, 0) is 13.0 Å². The van der Waals surface area contributed by atoms with Crippen molar-refractivity contribution >= 4 is 16.8 Å². The molecule has 0 aliphatic heterocycles. The van der Waals surface area contributed by atoms with E-state index in [0.717, 1.165) is 0 Å². The number of oxime groups is 1. The van der Waals surface area contributed by atoms with Crippen LogP contribution in [0, 0.1) is 5.82 Å². The number of hydrogen-bond donors (Lipinski definition) is 1. The van der Waals surface area contributed by atoms with Gasteiger partial charge in [0.1, 0.15) is 17.6 Å². The van der Waals surface area contributed by atoms with Gasteiger partial charge in [-0.2, -0.15) is 0 Å². The summed E-state index contributed by atoms with van der Waals surface area (Å²) in [5, 5.41) is 11.2. The number of nitrogens with zero attached hydrogens (tertiary/aromatic N) is 2. The molecule has 104 valence electrons. The Hall–Kier alpha value is -2.14. The second-order valence-electron chi connectivity index (χ2n) is 4.04. The van der Waals surface area contributed by atoms with Gasteiger partial charge in [0.15, 0.2) is 0 Å². The number of halogens is 2. The minimum Gasteiger partial charge on any atom is -0.473 e. The number of hydrogen-bond acceptors (Lipinski definition) is 4. The molecule has 2 rings (SSSR count). The van der Waals surface area contributed by atoms with Gasteiger partial charge in [-0.1, -0.05) is 35.0 Å². The first kappa shape index (κ1) is 14.3. The molecular weight excluding hydrogens is 283 g/mol. The summed E-state index contributed by atoms with van der Waals surface area (Å²) in [5.74, 6) is 0.0568. The van der Waals surface area contributed by atoms with Gasteiger partial charge in [0.25, 0.3) is 0 Å². The highest BCUT2D eigenvalue weighted by Gasteiger charge is 2.07. The Morgan fingerprint density at radius 3 is 2.85 bits per heavy atom. The van der Waals surface area contributed by atoms with Crippen molar-refractivity contribution in [3.63, 3.8) is 0 Å². The van der Waals surface area contributed by atoms with E-state index in [4.69, 9.17) is 21.5 Å². The van der Waals surface area contributed by atoms with Gasteiger partial charge in [-0.25, -0.2) is 9.37 Å². The van der Waals surface area contributed by atoms with E-state index in [2.05, 4.69) is 10.1 Å². The quantitative estimate of drug-likeness (QED) is 0.522. The molecule has 1 N–H and O–H groups in total. The van der Waals surface area contributed by atoms with Gasteiger partial charge in [-0.05, 0) is 23.3 Å². The summed E-state index contributed by atoms with van der Waals surface area (Å²) in [4.78, 5) is 4.01. The molecule has 0 amide bonds. The third kappa shape index (κ3) is 3.93. The Morgan fingerprint density at radius 2 is 2.20 bits per heavy atom. The van der Waals surface area contributed by atoms with Crippen molar-refractivity contribution < 1.29 is 14.3 Å². The number of aromatic nitrogens is 1. The maximum atomic E-state index is 13.8. The van der Waals surface area contributed by atoms with E-state index >= 15 is 0 Å². The second-order valence-corrected chi connectivity index (χ2v) is 4.47. The van der Waals surface area contributed by atoms with Crippen molar-refractivity contribution in [3.8, 4) is 5.88 Å². The molecule has 0 unspecified atom stereocenters. The summed E-state index contributed by atoms with van der Waals surface area (Å²) >= 11 is 5.55. The Morgan fingerprint density at radius 1 is 1.35 bits per heavy atom. The third-order valence-corrected chi connectivity index (χ3v) is 2.80. The number of pyridine rings is 1. The molecule has 4 nitrogen and oxygen atoms in total. The average Bonchev–Trinajstić information content (AvgIpc) is 2.48. The lowest BCUT2D eigenvalue weighted by Gasteiger charge is -2.07.